The fourth-order valence-corrected chi connectivity index (χ4v) is 7.83. The molecular weight excluding hydrogens is 793 g/mol. The largest absolute Gasteiger partial charge is 0.462 e. The lowest BCUT2D eigenvalue weighted by atomic mass is 10.0. The van der Waals surface area contributed by atoms with Crippen LogP contribution < -0.4 is 0 Å². The summed E-state index contributed by atoms with van der Waals surface area (Å²) in [7, 11) is 0. The van der Waals surface area contributed by atoms with Gasteiger partial charge < -0.3 is 14.2 Å². The predicted molar refractivity (Wildman–Crippen MR) is 275 cm³/mol. The number of ether oxygens (including phenoxy) is 3. The van der Waals surface area contributed by atoms with Crippen LogP contribution in [-0.2, 0) is 28.6 Å². The summed E-state index contributed by atoms with van der Waals surface area (Å²) in [5.41, 5.74) is 0. The van der Waals surface area contributed by atoms with Gasteiger partial charge in [-0.3, -0.25) is 14.4 Å². The van der Waals surface area contributed by atoms with Crippen LogP contribution in [0.15, 0.2) is 60.8 Å². The van der Waals surface area contributed by atoms with Crippen molar-refractivity contribution in [1.29, 1.82) is 0 Å². The summed E-state index contributed by atoms with van der Waals surface area (Å²) in [4.78, 5) is 38.0. The van der Waals surface area contributed by atoms with E-state index in [1.165, 1.54) is 173 Å². The summed E-state index contributed by atoms with van der Waals surface area (Å²) in [6, 6.07) is 0. The summed E-state index contributed by atoms with van der Waals surface area (Å²) in [6.07, 6.45) is 65.1. The standard InChI is InChI=1S/C58H102O6/c1-4-7-10-13-16-19-22-25-27-28-29-31-33-36-39-42-45-48-51-57(60)63-54-55(53-62-56(59)50-47-44-41-38-35-32-24-21-18-15-12-9-6-3)64-58(61)52-49-46-43-40-37-34-30-26-23-20-17-14-11-8-5-2/h9,12,15,18,21,24,32,35,38,41,55H,4-8,10-11,13-14,16-17,19-20,22-23,25-31,33-34,36-37,39-40,42-54H2,1-3H3/b12-9-,18-15-,24-21-,35-32-,41-38-. The van der Waals surface area contributed by atoms with Gasteiger partial charge in [-0.05, 0) is 32.1 Å². The molecule has 0 saturated heterocycles. The van der Waals surface area contributed by atoms with Gasteiger partial charge in [0.1, 0.15) is 13.2 Å². The maximum absolute atomic E-state index is 12.8. The van der Waals surface area contributed by atoms with Gasteiger partial charge in [-0.15, -0.1) is 0 Å². The molecule has 6 heteroatoms. The molecule has 370 valence electrons. The molecule has 64 heavy (non-hydrogen) atoms. The topological polar surface area (TPSA) is 78.9 Å². The van der Waals surface area contributed by atoms with E-state index in [9.17, 15) is 14.4 Å². The highest BCUT2D eigenvalue weighted by Gasteiger charge is 2.19. The van der Waals surface area contributed by atoms with Crippen LogP contribution in [0.25, 0.3) is 0 Å². The lowest BCUT2D eigenvalue weighted by molar-refractivity contribution is -0.167. The summed E-state index contributed by atoms with van der Waals surface area (Å²) in [6.45, 7) is 6.46. The van der Waals surface area contributed by atoms with Gasteiger partial charge in [0.2, 0.25) is 0 Å². The van der Waals surface area contributed by atoms with Crippen molar-refractivity contribution >= 4 is 17.9 Å². The highest BCUT2D eigenvalue weighted by molar-refractivity contribution is 5.71. The van der Waals surface area contributed by atoms with Crippen molar-refractivity contribution in [3.05, 3.63) is 60.8 Å². The monoisotopic (exact) mass is 895 g/mol. The number of carbonyl (C=O) groups is 3. The maximum atomic E-state index is 12.8. The van der Waals surface area contributed by atoms with Gasteiger partial charge in [-0.2, -0.15) is 0 Å². The van der Waals surface area contributed by atoms with E-state index in [1.807, 2.05) is 54.7 Å². The van der Waals surface area contributed by atoms with E-state index in [0.717, 1.165) is 51.4 Å². The van der Waals surface area contributed by atoms with Crippen molar-refractivity contribution < 1.29 is 28.6 Å². The summed E-state index contributed by atoms with van der Waals surface area (Å²) in [5, 5.41) is 0. The van der Waals surface area contributed by atoms with Gasteiger partial charge in [-0.1, -0.05) is 281 Å². The molecule has 0 spiro atoms. The van der Waals surface area contributed by atoms with Crippen molar-refractivity contribution in [2.75, 3.05) is 13.2 Å². The number of hydrogen-bond acceptors (Lipinski definition) is 6. The van der Waals surface area contributed by atoms with Crippen molar-refractivity contribution in [1.82, 2.24) is 0 Å². The van der Waals surface area contributed by atoms with Crippen LogP contribution >= 0.6 is 0 Å². The van der Waals surface area contributed by atoms with E-state index < -0.39 is 6.10 Å². The van der Waals surface area contributed by atoms with Crippen LogP contribution in [-0.4, -0.2) is 37.2 Å². The number of esters is 3. The van der Waals surface area contributed by atoms with E-state index >= 15 is 0 Å². The van der Waals surface area contributed by atoms with Gasteiger partial charge in [-0.25, -0.2) is 0 Å². The lowest BCUT2D eigenvalue weighted by Crippen LogP contribution is -2.30. The van der Waals surface area contributed by atoms with E-state index in [1.54, 1.807) is 0 Å². The van der Waals surface area contributed by atoms with E-state index in [0.29, 0.717) is 19.3 Å². The van der Waals surface area contributed by atoms with Crippen LogP contribution in [0.2, 0.25) is 0 Å². The minimum Gasteiger partial charge on any atom is -0.462 e. The van der Waals surface area contributed by atoms with Gasteiger partial charge in [0, 0.05) is 19.3 Å². The number of allylic oxidation sites excluding steroid dienone is 10. The molecule has 0 aromatic carbocycles. The van der Waals surface area contributed by atoms with E-state index in [2.05, 4.69) is 26.8 Å². The molecule has 0 aliphatic heterocycles. The van der Waals surface area contributed by atoms with E-state index in [-0.39, 0.29) is 37.5 Å². The second kappa shape index (κ2) is 52.7. The number of carbonyl (C=O) groups excluding carboxylic acids is 3. The molecule has 0 aromatic rings. The molecule has 0 heterocycles. The Bertz CT molecular complexity index is 1170. The second-order valence-electron chi connectivity index (χ2n) is 18.2. The van der Waals surface area contributed by atoms with Crippen molar-refractivity contribution in [2.24, 2.45) is 0 Å². The highest BCUT2D eigenvalue weighted by Crippen LogP contribution is 2.17. The number of unbranched alkanes of at least 4 members (excludes halogenated alkanes) is 32. The van der Waals surface area contributed by atoms with Crippen LogP contribution in [0.4, 0.5) is 0 Å². The van der Waals surface area contributed by atoms with Crippen molar-refractivity contribution in [3.8, 4) is 0 Å². The van der Waals surface area contributed by atoms with Gasteiger partial charge in [0.05, 0.1) is 0 Å². The van der Waals surface area contributed by atoms with Gasteiger partial charge in [0.25, 0.3) is 0 Å². The Labute approximate surface area is 396 Å². The lowest BCUT2D eigenvalue weighted by Gasteiger charge is -2.18. The Morgan fingerprint density at radius 2 is 0.609 bits per heavy atom. The molecule has 0 fully saturated rings. The first-order valence-electron chi connectivity index (χ1n) is 27.4. The maximum Gasteiger partial charge on any atom is 0.306 e. The zero-order chi connectivity index (χ0) is 46.5. The third kappa shape index (κ3) is 50.1. The first kappa shape index (κ1) is 61.1. The normalized spacial score (nSPS) is 12.5. The Balaban J connectivity index is 4.40. The molecule has 0 amide bonds. The molecule has 1 unspecified atom stereocenters. The third-order valence-electron chi connectivity index (χ3n) is 11.9. The molecule has 0 aromatic heterocycles. The van der Waals surface area contributed by atoms with E-state index in [4.69, 9.17) is 14.2 Å². The third-order valence-corrected chi connectivity index (χ3v) is 11.9. The Morgan fingerprint density at radius 3 is 0.953 bits per heavy atom. The smallest absolute Gasteiger partial charge is 0.306 e. The van der Waals surface area contributed by atoms with Crippen molar-refractivity contribution in [3.63, 3.8) is 0 Å². The Hall–Kier alpha value is -2.89. The summed E-state index contributed by atoms with van der Waals surface area (Å²) >= 11 is 0. The first-order chi connectivity index (χ1) is 31.5. The molecule has 0 aliphatic rings. The van der Waals surface area contributed by atoms with Gasteiger partial charge >= 0.3 is 17.9 Å². The average molecular weight is 895 g/mol. The molecule has 0 rings (SSSR count). The molecule has 1 atom stereocenters. The quantitative estimate of drug-likeness (QED) is 0.0262. The average Bonchev–Trinajstić information content (AvgIpc) is 3.29. The molecule has 0 radical (unpaired) electrons. The number of hydrogen-bond donors (Lipinski definition) is 0. The zero-order valence-corrected chi connectivity index (χ0v) is 42.3. The Morgan fingerprint density at radius 1 is 0.328 bits per heavy atom. The zero-order valence-electron chi connectivity index (χ0n) is 42.3. The predicted octanol–water partition coefficient (Wildman–Crippen LogP) is 18.0. The second-order valence-corrected chi connectivity index (χ2v) is 18.2. The highest BCUT2D eigenvalue weighted by atomic mass is 16.6. The van der Waals surface area contributed by atoms with Crippen molar-refractivity contribution in [2.45, 2.75) is 277 Å². The Kier molecular flexibility index (Phi) is 50.4. The SMILES string of the molecule is CC\C=C/C=C\C=C/C=C\C=C/CCCC(=O)OCC(COC(=O)CCCCCCCCCCCCCCCCCCCC)OC(=O)CCCCCCCCCCCCCCCCC. The van der Waals surface area contributed by atoms with Gasteiger partial charge in [0.15, 0.2) is 6.10 Å². The van der Waals surface area contributed by atoms with Crippen LogP contribution in [0, 0.1) is 0 Å². The van der Waals surface area contributed by atoms with Crippen LogP contribution in [0.1, 0.15) is 271 Å². The summed E-state index contributed by atoms with van der Waals surface area (Å²) in [5.74, 6) is -0.958. The molecule has 0 bridgehead atoms. The number of rotatable bonds is 49. The first-order valence-corrected chi connectivity index (χ1v) is 27.4. The van der Waals surface area contributed by atoms with Crippen LogP contribution in [0.5, 0.6) is 0 Å². The molecule has 0 N–H and O–H groups in total. The molecule has 0 aliphatic carbocycles. The fraction of sp³-hybridized carbons (Fsp3) is 0.776. The molecule has 6 nitrogen and oxygen atoms in total. The minimum atomic E-state index is -0.798. The minimum absolute atomic E-state index is 0.0927. The molecular formula is C58H102O6. The fourth-order valence-electron chi connectivity index (χ4n) is 7.83. The molecule has 0 saturated carbocycles. The van der Waals surface area contributed by atoms with Crippen LogP contribution in [0.3, 0.4) is 0 Å². The summed E-state index contributed by atoms with van der Waals surface area (Å²) < 4.78 is 16.8.